The lowest BCUT2D eigenvalue weighted by Gasteiger charge is -2.23. The van der Waals surface area contributed by atoms with Crippen molar-refractivity contribution in [1.29, 1.82) is 0 Å². The van der Waals surface area contributed by atoms with Crippen molar-refractivity contribution in [2.75, 3.05) is 24.7 Å². The lowest BCUT2D eigenvalue weighted by atomic mass is 10.2. The molecule has 3 aromatic rings. The van der Waals surface area contributed by atoms with Crippen LogP contribution in [0.2, 0.25) is 0 Å². The van der Waals surface area contributed by atoms with E-state index >= 15 is 0 Å². The van der Waals surface area contributed by atoms with Crippen LogP contribution in [0.25, 0.3) is 11.2 Å². The van der Waals surface area contributed by atoms with Crippen LogP contribution in [0.15, 0.2) is 22.2 Å². The Morgan fingerprint density at radius 3 is 2.36 bits per heavy atom. The molecule has 2 aliphatic rings. The zero-order valence-electron chi connectivity index (χ0n) is 23.2. The second kappa shape index (κ2) is 12.4. The van der Waals surface area contributed by atoms with Gasteiger partial charge < -0.3 is 35.3 Å². The molecule has 7 atom stereocenters. The van der Waals surface area contributed by atoms with Gasteiger partial charge in [0.05, 0.1) is 12.9 Å². The molecule has 44 heavy (non-hydrogen) atoms. The zero-order valence-corrected chi connectivity index (χ0v) is 24.1. The molecule has 0 saturated carbocycles. The number of carbonyl (C=O) groups is 2. The average molecular weight is 641 g/mol. The molecule has 238 valence electrons. The lowest BCUT2D eigenvalue weighted by Crippen LogP contribution is -2.32. The molecular formula is C22H28N9O12P. The number of imidazole rings is 1. The highest BCUT2D eigenvalue weighted by molar-refractivity contribution is 7.47. The molecule has 22 heteroatoms. The van der Waals surface area contributed by atoms with E-state index in [9.17, 15) is 28.6 Å². The number of phosphoric acid groups is 1. The summed E-state index contributed by atoms with van der Waals surface area (Å²) >= 11 is 0. The van der Waals surface area contributed by atoms with Gasteiger partial charge in [0.2, 0.25) is 11.9 Å². The monoisotopic (exact) mass is 641 g/mol. The Morgan fingerprint density at radius 2 is 1.68 bits per heavy atom. The summed E-state index contributed by atoms with van der Waals surface area (Å²) in [6.07, 6.45) is -3.96. The quantitative estimate of drug-likeness (QED) is 0.145. The van der Waals surface area contributed by atoms with Crippen LogP contribution in [-0.4, -0.2) is 88.5 Å². The molecule has 5 heterocycles. The SMILES string of the molecule is CC(=O)OCC1OC(n2cnc3c(=O)[nH]c(N)nc32)CC1OP(=O)(O)OCC1OC(n2cnc(N)nc2=O)CC1OC(C)=O. The molecule has 0 radical (unpaired) electrons. The number of esters is 2. The predicted octanol–water partition coefficient (Wildman–Crippen LogP) is -1.49. The molecule has 6 N–H and O–H groups in total. The van der Waals surface area contributed by atoms with E-state index in [1.807, 2.05) is 0 Å². The Balaban J connectivity index is 1.29. The Bertz CT molecular complexity index is 1730. The number of hydrogen-bond acceptors (Lipinski definition) is 17. The van der Waals surface area contributed by atoms with Crippen molar-refractivity contribution < 1.29 is 47.0 Å². The van der Waals surface area contributed by atoms with Gasteiger partial charge >= 0.3 is 25.5 Å². The molecular weight excluding hydrogens is 613 g/mol. The zero-order chi connectivity index (χ0) is 31.8. The summed E-state index contributed by atoms with van der Waals surface area (Å²) in [5.41, 5.74) is 9.79. The number of carbonyl (C=O) groups excluding carboxylic acids is 2. The van der Waals surface area contributed by atoms with Gasteiger partial charge in [-0.05, 0) is 0 Å². The Labute approximate surface area is 246 Å². The maximum Gasteiger partial charge on any atom is 0.472 e. The Morgan fingerprint density at radius 1 is 1.02 bits per heavy atom. The van der Waals surface area contributed by atoms with E-state index in [0.717, 1.165) is 17.8 Å². The van der Waals surface area contributed by atoms with Gasteiger partial charge in [-0.2, -0.15) is 9.97 Å². The van der Waals surface area contributed by atoms with Crippen molar-refractivity contribution in [2.24, 2.45) is 0 Å². The summed E-state index contributed by atoms with van der Waals surface area (Å²) in [6, 6.07) is 0. The number of rotatable bonds is 10. The van der Waals surface area contributed by atoms with Crippen molar-refractivity contribution in [3.8, 4) is 0 Å². The smallest absolute Gasteiger partial charge is 0.463 e. The molecule has 0 spiro atoms. The third-order valence-electron chi connectivity index (χ3n) is 6.62. The first-order valence-electron chi connectivity index (χ1n) is 13.0. The number of ether oxygens (including phenoxy) is 4. The summed E-state index contributed by atoms with van der Waals surface area (Å²) in [5, 5.41) is 0. The molecule has 0 bridgehead atoms. The first-order chi connectivity index (χ1) is 20.8. The summed E-state index contributed by atoms with van der Waals surface area (Å²) in [4.78, 5) is 75.9. The predicted molar refractivity (Wildman–Crippen MR) is 143 cm³/mol. The highest BCUT2D eigenvalue weighted by Gasteiger charge is 2.45. The summed E-state index contributed by atoms with van der Waals surface area (Å²) in [6.45, 7) is 1.38. The standard InChI is InChI=1S/C22H28N9O12P/c1-9(32)38-5-13-12(4-15(41-13)30-7-25-17-18(30)27-21(24)28-19(17)34)43-44(36,37)39-6-14-11(40-10(2)33)3-16(42-14)31-8-26-20(23)29-22(31)35/h7-8,11-16H,3-6H2,1-2H3,(H,36,37)(H2,23,29,35)(H3,24,27,28,34). The molecule has 0 amide bonds. The van der Waals surface area contributed by atoms with Crippen molar-refractivity contribution in [3.63, 3.8) is 0 Å². The first-order valence-corrected chi connectivity index (χ1v) is 14.5. The van der Waals surface area contributed by atoms with Crippen molar-refractivity contribution >= 4 is 42.8 Å². The third kappa shape index (κ3) is 6.93. The number of nitrogens with zero attached hydrogens (tertiary/aromatic N) is 6. The molecule has 0 aromatic carbocycles. The van der Waals surface area contributed by atoms with Crippen LogP contribution in [0.5, 0.6) is 0 Å². The van der Waals surface area contributed by atoms with Crippen LogP contribution >= 0.6 is 7.82 Å². The second-order valence-corrected chi connectivity index (χ2v) is 11.2. The van der Waals surface area contributed by atoms with E-state index in [1.165, 1.54) is 17.8 Å². The largest absolute Gasteiger partial charge is 0.472 e. The van der Waals surface area contributed by atoms with Crippen LogP contribution in [0, 0.1) is 0 Å². The van der Waals surface area contributed by atoms with Gasteiger partial charge in [-0.1, -0.05) is 0 Å². The van der Waals surface area contributed by atoms with Crippen LogP contribution in [0.4, 0.5) is 11.9 Å². The topological polar surface area (TPSA) is 290 Å². The fraction of sp³-hybridized carbons (Fsp3) is 0.545. The van der Waals surface area contributed by atoms with Gasteiger partial charge in [0.25, 0.3) is 5.56 Å². The molecule has 7 unspecified atom stereocenters. The minimum Gasteiger partial charge on any atom is -0.463 e. The third-order valence-corrected chi connectivity index (χ3v) is 7.63. The van der Waals surface area contributed by atoms with E-state index in [2.05, 4.69) is 24.9 Å². The highest BCUT2D eigenvalue weighted by atomic mass is 31.2. The van der Waals surface area contributed by atoms with Crippen LogP contribution in [0.1, 0.15) is 39.1 Å². The highest BCUT2D eigenvalue weighted by Crippen LogP contribution is 2.49. The van der Waals surface area contributed by atoms with E-state index in [0.29, 0.717) is 0 Å². The van der Waals surface area contributed by atoms with E-state index in [-0.39, 0.29) is 42.5 Å². The number of nitrogen functional groups attached to an aromatic ring is 2. The van der Waals surface area contributed by atoms with Gasteiger partial charge in [-0.15, -0.1) is 0 Å². The van der Waals surface area contributed by atoms with Gasteiger partial charge in [0, 0.05) is 26.7 Å². The van der Waals surface area contributed by atoms with Crippen molar-refractivity contribution in [3.05, 3.63) is 33.5 Å². The molecule has 2 saturated heterocycles. The molecule has 5 rings (SSSR count). The minimum atomic E-state index is -4.88. The number of nitrogens with two attached hydrogens (primary N) is 2. The number of H-pyrrole nitrogens is 1. The van der Waals surface area contributed by atoms with Gasteiger partial charge in [-0.25, -0.2) is 19.3 Å². The maximum atomic E-state index is 13.1. The molecule has 0 aliphatic carbocycles. The number of aromatic amines is 1. The molecule has 2 fully saturated rings. The summed E-state index contributed by atoms with van der Waals surface area (Å²) < 4.78 is 48.1. The van der Waals surface area contributed by atoms with Crippen molar-refractivity contribution in [2.45, 2.75) is 63.6 Å². The minimum absolute atomic E-state index is 0.0233. The second-order valence-electron chi connectivity index (χ2n) is 9.77. The van der Waals surface area contributed by atoms with Crippen LogP contribution in [-0.2, 0) is 42.1 Å². The van der Waals surface area contributed by atoms with Crippen LogP contribution in [0.3, 0.4) is 0 Å². The number of aromatic nitrogens is 7. The number of nitrogens with one attached hydrogen (secondary N) is 1. The van der Waals surface area contributed by atoms with E-state index in [4.69, 9.17) is 39.5 Å². The van der Waals surface area contributed by atoms with Crippen molar-refractivity contribution in [1.82, 2.24) is 34.1 Å². The van der Waals surface area contributed by atoms with Gasteiger partial charge in [0.1, 0.15) is 49.8 Å². The lowest BCUT2D eigenvalue weighted by molar-refractivity contribution is -0.150. The maximum absolute atomic E-state index is 13.1. The van der Waals surface area contributed by atoms with Gasteiger partial charge in [0.15, 0.2) is 11.2 Å². The number of phosphoric ester groups is 1. The van der Waals surface area contributed by atoms with E-state index in [1.54, 1.807) is 0 Å². The fourth-order valence-corrected chi connectivity index (χ4v) is 5.73. The van der Waals surface area contributed by atoms with E-state index < -0.39 is 74.5 Å². The van der Waals surface area contributed by atoms with Gasteiger partial charge in [-0.3, -0.25) is 37.5 Å². The van der Waals surface area contributed by atoms with Crippen LogP contribution < -0.4 is 22.7 Å². The number of anilines is 2. The average Bonchev–Trinajstić information content (AvgIpc) is 3.63. The number of hydrogen-bond donors (Lipinski definition) is 4. The fourth-order valence-electron chi connectivity index (χ4n) is 4.77. The number of fused-ring (bicyclic) bond motifs is 1. The summed E-state index contributed by atoms with van der Waals surface area (Å²) in [5.74, 6) is -1.72. The normalized spacial score (nSPS) is 26.4. The Hall–Kier alpha value is -4.27. The first kappa shape index (κ1) is 31.2. The Kier molecular flexibility index (Phi) is 8.77. The molecule has 3 aromatic heterocycles. The molecule has 21 nitrogen and oxygen atoms in total. The molecule has 2 aliphatic heterocycles. The summed E-state index contributed by atoms with van der Waals surface area (Å²) in [7, 11) is -4.88.